The monoisotopic (exact) mass is 394 g/mol. The average molecular weight is 394 g/mol. The highest BCUT2D eigenvalue weighted by molar-refractivity contribution is 6.06. The van der Waals surface area contributed by atoms with Gasteiger partial charge in [-0.25, -0.2) is 0 Å². The number of anilines is 4. The first-order chi connectivity index (χ1) is 14.0. The lowest BCUT2D eigenvalue weighted by Crippen LogP contribution is -2.41. The van der Waals surface area contributed by atoms with Crippen molar-refractivity contribution in [3.63, 3.8) is 0 Å². The van der Waals surface area contributed by atoms with Gasteiger partial charge in [-0.1, -0.05) is 0 Å². The van der Waals surface area contributed by atoms with Crippen molar-refractivity contribution in [3.05, 3.63) is 47.5 Å². The number of rotatable bonds is 4. The number of aryl methyl sites for hydroxylation is 2. The van der Waals surface area contributed by atoms with Crippen LogP contribution in [0.1, 0.15) is 17.5 Å². The first kappa shape index (κ1) is 19.3. The Morgan fingerprint density at radius 3 is 2.45 bits per heavy atom. The fourth-order valence-corrected chi connectivity index (χ4v) is 3.63. The van der Waals surface area contributed by atoms with E-state index in [2.05, 4.69) is 20.9 Å². The van der Waals surface area contributed by atoms with Gasteiger partial charge < -0.3 is 25.6 Å². The molecule has 2 aliphatic rings. The van der Waals surface area contributed by atoms with Crippen molar-refractivity contribution in [1.82, 2.24) is 0 Å². The maximum Gasteiger partial charge on any atom is 0.247 e. The molecule has 0 unspecified atom stereocenters. The zero-order valence-electron chi connectivity index (χ0n) is 16.7. The van der Waals surface area contributed by atoms with Crippen LogP contribution in [0, 0.1) is 13.8 Å². The molecule has 7 heteroatoms. The molecule has 0 saturated carbocycles. The fourth-order valence-electron chi connectivity index (χ4n) is 3.63. The summed E-state index contributed by atoms with van der Waals surface area (Å²) >= 11 is 0. The number of amides is 2. The van der Waals surface area contributed by atoms with Crippen molar-refractivity contribution in [2.24, 2.45) is 0 Å². The van der Waals surface area contributed by atoms with Crippen LogP contribution in [0.15, 0.2) is 36.4 Å². The van der Waals surface area contributed by atoms with Crippen LogP contribution >= 0.6 is 0 Å². The van der Waals surface area contributed by atoms with E-state index in [-0.39, 0.29) is 18.2 Å². The molecule has 2 aromatic carbocycles. The van der Waals surface area contributed by atoms with Gasteiger partial charge in [0.1, 0.15) is 6.04 Å². The largest absolute Gasteiger partial charge is 0.378 e. The van der Waals surface area contributed by atoms with Crippen molar-refractivity contribution >= 4 is 34.6 Å². The minimum atomic E-state index is -0.600. The molecule has 4 rings (SSSR count). The minimum absolute atomic E-state index is 0.0589. The molecule has 152 valence electrons. The number of nitrogens with one attached hydrogen (secondary N) is 3. The van der Waals surface area contributed by atoms with Crippen LogP contribution in [0.3, 0.4) is 0 Å². The molecule has 2 aliphatic heterocycles. The van der Waals surface area contributed by atoms with Crippen molar-refractivity contribution in [1.29, 1.82) is 0 Å². The number of hydrogen-bond acceptors (Lipinski definition) is 5. The standard InChI is InChI=1S/C22H26N4O3/c1-14-11-18-19(12-15(14)2)25-22(28)20(24-18)13-21(27)23-16-3-5-17(6-4-16)26-7-9-29-10-8-26/h3-6,11-12,20,24H,7-10,13H2,1-2H3,(H,23,27)(H,25,28)/t20-/m0/s1. The summed E-state index contributed by atoms with van der Waals surface area (Å²) in [5.74, 6) is -0.400. The second-order valence-electron chi connectivity index (χ2n) is 7.57. The summed E-state index contributed by atoms with van der Waals surface area (Å²) in [7, 11) is 0. The third-order valence-corrected chi connectivity index (χ3v) is 5.45. The van der Waals surface area contributed by atoms with E-state index < -0.39 is 6.04 Å². The normalized spacial score (nSPS) is 18.5. The van der Waals surface area contributed by atoms with Gasteiger partial charge in [0.15, 0.2) is 0 Å². The molecular weight excluding hydrogens is 368 g/mol. The lowest BCUT2D eigenvalue weighted by molar-refractivity contribution is -0.122. The first-order valence-corrected chi connectivity index (χ1v) is 9.91. The number of carbonyl (C=O) groups excluding carboxylic acids is 2. The highest BCUT2D eigenvalue weighted by Crippen LogP contribution is 2.30. The third-order valence-electron chi connectivity index (χ3n) is 5.45. The van der Waals surface area contributed by atoms with E-state index in [0.717, 1.165) is 60.2 Å². The second-order valence-corrected chi connectivity index (χ2v) is 7.57. The zero-order chi connectivity index (χ0) is 20.4. The van der Waals surface area contributed by atoms with Gasteiger partial charge in [-0.15, -0.1) is 0 Å². The Kier molecular flexibility index (Phi) is 5.40. The molecule has 29 heavy (non-hydrogen) atoms. The van der Waals surface area contributed by atoms with Gasteiger partial charge in [0.05, 0.1) is 31.0 Å². The topological polar surface area (TPSA) is 82.7 Å². The summed E-state index contributed by atoms with van der Waals surface area (Å²) in [4.78, 5) is 27.1. The Bertz CT molecular complexity index is 920. The maximum atomic E-state index is 12.5. The molecule has 3 N–H and O–H groups in total. The Morgan fingerprint density at radius 1 is 1.10 bits per heavy atom. The van der Waals surface area contributed by atoms with Gasteiger partial charge in [0.25, 0.3) is 0 Å². The van der Waals surface area contributed by atoms with Crippen LogP contribution in [-0.2, 0) is 14.3 Å². The van der Waals surface area contributed by atoms with Crippen LogP contribution in [-0.4, -0.2) is 44.2 Å². The van der Waals surface area contributed by atoms with Gasteiger partial charge in [0.2, 0.25) is 11.8 Å². The molecule has 0 aromatic heterocycles. The zero-order valence-corrected chi connectivity index (χ0v) is 16.7. The summed E-state index contributed by atoms with van der Waals surface area (Å²) in [5, 5.41) is 8.97. The lowest BCUT2D eigenvalue weighted by atomic mass is 10.0. The molecule has 1 fully saturated rings. The summed E-state index contributed by atoms with van der Waals surface area (Å²) in [5.41, 5.74) is 5.68. The number of ether oxygens (including phenoxy) is 1. The van der Waals surface area contributed by atoms with Gasteiger partial charge in [-0.2, -0.15) is 0 Å². The number of hydrogen-bond donors (Lipinski definition) is 3. The highest BCUT2D eigenvalue weighted by atomic mass is 16.5. The van der Waals surface area contributed by atoms with Crippen LogP contribution in [0.4, 0.5) is 22.7 Å². The lowest BCUT2D eigenvalue weighted by Gasteiger charge is -2.29. The minimum Gasteiger partial charge on any atom is -0.378 e. The third kappa shape index (κ3) is 4.35. The second kappa shape index (κ2) is 8.13. The number of morpholine rings is 1. The van der Waals surface area contributed by atoms with Crippen molar-refractivity contribution < 1.29 is 14.3 Å². The van der Waals surface area contributed by atoms with Crippen LogP contribution < -0.4 is 20.9 Å². The Balaban J connectivity index is 1.36. The van der Waals surface area contributed by atoms with E-state index in [9.17, 15) is 9.59 Å². The smallest absolute Gasteiger partial charge is 0.247 e. The number of nitrogens with zero attached hydrogens (tertiary/aromatic N) is 1. The van der Waals surface area contributed by atoms with Gasteiger partial charge in [-0.3, -0.25) is 9.59 Å². The molecule has 1 saturated heterocycles. The van der Waals surface area contributed by atoms with Crippen LogP contribution in [0.25, 0.3) is 0 Å². The summed E-state index contributed by atoms with van der Waals surface area (Å²) in [6.45, 7) is 7.24. The Morgan fingerprint density at radius 2 is 1.76 bits per heavy atom. The quantitative estimate of drug-likeness (QED) is 0.743. The SMILES string of the molecule is Cc1cc2c(cc1C)N[C@@H](CC(=O)Nc1ccc(N3CCOCC3)cc1)C(=O)N2. The van der Waals surface area contributed by atoms with Gasteiger partial charge in [-0.05, 0) is 61.4 Å². The van der Waals surface area contributed by atoms with E-state index in [4.69, 9.17) is 4.74 Å². The Labute approximate surface area is 170 Å². The molecule has 7 nitrogen and oxygen atoms in total. The average Bonchev–Trinajstić information content (AvgIpc) is 2.71. The van der Waals surface area contributed by atoms with Crippen LogP contribution in [0.2, 0.25) is 0 Å². The summed E-state index contributed by atoms with van der Waals surface area (Å²) in [6, 6.07) is 11.1. The molecule has 0 aliphatic carbocycles. The van der Waals surface area contributed by atoms with Gasteiger partial charge >= 0.3 is 0 Å². The molecule has 0 radical (unpaired) electrons. The van der Waals surface area contributed by atoms with E-state index in [1.807, 2.05) is 50.2 Å². The van der Waals surface area contributed by atoms with Crippen molar-refractivity contribution in [2.75, 3.05) is 47.2 Å². The van der Waals surface area contributed by atoms with Crippen LogP contribution in [0.5, 0.6) is 0 Å². The maximum absolute atomic E-state index is 12.5. The molecule has 2 aromatic rings. The fraction of sp³-hybridized carbons (Fsp3) is 0.364. The Hall–Kier alpha value is -3.06. The molecule has 2 amide bonds. The summed E-state index contributed by atoms with van der Waals surface area (Å²) in [6.07, 6.45) is 0.0589. The number of carbonyl (C=O) groups is 2. The van der Waals surface area contributed by atoms with Gasteiger partial charge in [0, 0.05) is 24.5 Å². The van der Waals surface area contributed by atoms with Crippen molar-refractivity contribution in [3.8, 4) is 0 Å². The van der Waals surface area contributed by atoms with E-state index >= 15 is 0 Å². The highest BCUT2D eigenvalue weighted by Gasteiger charge is 2.28. The molecule has 1 atom stereocenters. The van der Waals surface area contributed by atoms with E-state index in [1.54, 1.807) is 0 Å². The molecule has 0 bridgehead atoms. The summed E-state index contributed by atoms with van der Waals surface area (Å²) < 4.78 is 5.38. The predicted molar refractivity (Wildman–Crippen MR) is 115 cm³/mol. The first-order valence-electron chi connectivity index (χ1n) is 9.91. The number of benzene rings is 2. The molecular formula is C22H26N4O3. The molecule has 2 heterocycles. The molecule has 0 spiro atoms. The number of fused-ring (bicyclic) bond motifs is 1. The van der Waals surface area contributed by atoms with Crippen molar-refractivity contribution in [2.45, 2.75) is 26.3 Å². The van der Waals surface area contributed by atoms with E-state index in [1.165, 1.54) is 0 Å². The van der Waals surface area contributed by atoms with E-state index in [0.29, 0.717) is 0 Å². The predicted octanol–water partition coefficient (Wildman–Crippen LogP) is 2.90.